The number of amides is 1. The summed E-state index contributed by atoms with van der Waals surface area (Å²) in [7, 11) is 0. The monoisotopic (exact) mass is 317 g/mol. The molecule has 2 aromatic rings. The van der Waals surface area contributed by atoms with Crippen LogP contribution in [0.3, 0.4) is 0 Å². The van der Waals surface area contributed by atoms with Crippen LogP contribution >= 0.6 is 23.1 Å². The topological polar surface area (TPSA) is 79.0 Å². The van der Waals surface area contributed by atoms with Gasteiger partial charge in [0.2, 0.25) is 5.91 Å². The number of nitrogens with one attached hydrogen (secondary N) is 2. The van der Waals surface area contributed by atoms with Gasteiger partial charge in [-0.1, -0.05) is 30.3 Å². The standard InChI is InChI=1S/C15H15N3OS2/c16-15(17)13-8-12(9-20-13)21-10-18-14(19)7-6-11-4-2-1-3-5-11/h1-9H,10H2,(H3,16,17)(H,18,19)/b7-6+. The second-order valence-corrected chi connectivity index (χ2v) is 6.09. The Morgan fingerprint density at radius 2 is 2.14 bits per heavy atom. The Morgan fingerprint density at radius 3 is 2.81 bits per heavy atom. The Morgan fingerprint density at radius 1 is 1.38 bits per heavy atom. The zero-order valence-electron chi connectivity index (χ0n) is 11.2. The van der Waals surface area contributed by atoms with Crippen molar-refractivity contribution in [1.29, 1.82) is 5.41 Å². The molecule has 1 aromatic carbocycles. The molecule has 0 saturated carbocycles. The van der Waals surface area contributed by atoms with Gasteiger partial charge in [0.05, 0.1) is 10.8 Å². The molecule has 0 bridgehead atoms. The van der Waals surface area contributed by atoms with Crippen LogP contribution in [0.15, 0.2) is 52.7 Å². The van der Waals surface area contributed by atoms with Gasteiger partial charge in [-0.15, -0.1) is 23.1 Å². The average Bonchev–Trinajstić information content (AvgIpc) is 2.95. The molecule has 4 nitrogen and oxygen atoms in total. The van der Waals surface area contributed by atoms with Crippen LogP contribution < -0.4 is 11.1 Å². The van der Waals surface area contributed by atoms with Gasteiger partial charge in [0.25, 0.3) is 0 Å². The zero-order chi connectivity index (χ0) is 15.1. The van der Waals surface area contributed by atoms with Crippen molar-refractivity contribution >= 4 is 40.9 Å². The van der Waals surface area contributed by atoms with Gasteiger partial charge in [0, 0.05) is 16.4 Å². The second-order valence-electron chi connectivity index (χ2n) is 4.13. The van der Waals surface area contributed by atoms with E-state index in [0.717, 1.165) is 15.3 Å². The third-order valence-electron chi connectivity index (χ3n) is 2.55. The van der Waals surface area contributed by atoms with Crippen LogP contribution in [0.25, 0.3) is 6.08 Å². The van der Waals surface area contributed by atoms with Crippen LogP contribution in [-0.2, 0) is 4.79 Å². The molecule has 0 aliphatic carbocycles. The average molecular weight is 317 g/mol. The molecule has 1 amide bonds. The lowest BCUT2D eigenvalue weighted by atomic mass is 10.2. The number of hydrogen-bond acceptors (Lipinski definition) is 4. The number of hydrogen-bond donors (Lipinski definition) is 3. The summed E-state index contributed by atoms with van der Waals surface area (Å²) in [6, 6.07) is 11.5. The Balaban J connectivity index is 1.76. The van der Waals surface area contributed by atoms with Crippen molar-refractivity contribution < 1.29 is 4.79 Å². The normalized spacial score (nSPS) is 10.7. The molecule has 1 aromatic heterocycles. The Bertz CT molecular complexity index is 650. The molecule has 108 valence electrons. The van der Waals surface area contributed by atoms with Crippen LogP contribution in [0.1, 0.15) is 10.4 Å². The lowest BCUT2D eigenvalue weighted by Crippen LogP contribution is -2.19. The van der Waals surface area contributed by atoms with Gasteiger partial charge in [-0.3, -0.25) is 10.2 Å². The maximum Gasteiger partial charge on any atom is 0.244 e. The summed E-state index contributed by atoms with van der Waals surface area (Å²) < 4.78 is 0. The minimum atomic E-state index is -0.131. The number of thiophene rings is 1. The van der Waals surface area contributed by atoms with Gasteiger partial charge >= 0.3 is 0 Å². The third-order valence-corrected chi connectivity index (χ3v) is 4.52. The first-order chi connectivity index (χ1) is 10.1. The summed E-state index contributed by atoms with van der Waals surface area (Å²) in [5.74, 6) is 0.418. The summed E-state index contributed by atoms with van der Waals surface area (Å²) in [5, 5.41) is 12.1. The smallest absolute Gasteiger partial charge is 0.244 e. The summed E-state index contributed by atoms with van der Waals surface area (Å²) in [4.78, 5) is 13.4. The molecule has 0 unspecified atom stereocenters. The van der Waals surface area contributed by atoms with Crippen molar-refractivity contribution in [3.63, 3.8) is 0 Å². The number of nitrogens with two attached hydrogens (primary N) is 1. The summed E-state index contributed by atoms with van der Waals surface area (Å²) >= 11 is 2.93. The molecule has 4 N–H and O–H groups in total. The van der Waals surface area contributed by atoms with Crippen LogP contribution in [-0.4, -0.2) is 17.6 Å². The Labute approximate surface area is 131 Å². The first kappa shape index (κ1) is 15.3. The fourth-order valence-corrected chi connectivity index (χ4v) is 3.23. The molecule has 6 heteroatoms. The SMILES string of the molecule is N=C(N)c1cc(SCNC(=O)/C=C/c2ccccc2)cs1. The predicted octanol–water partition coefficient (Wildman–Crippen LogP) is 2.91. The molecule has 0 fully saturated rings. The minimum Gasteiger partial charge on any atom is -0.383 e. The first-order valence-electron chi connectivity index (χ1n) is 6.22. The number of nitrogen functional groups attached to an aromatic ring is 1. The van der Waals surface area contributed by atoms with Crippen molar-refractivity contribution in [3.05, 3.63) is 58.3 Å². The predicted molar refractivity (Wildman–Crippen MR) is 89.7 cm³/mol. The Kier molecular flexibility index (Phi) is 5.59. The summed E-state index contributed by atoms with van der Waals surface area (Å²) in [6.07, 6.45) is 3.29. The highest BCUT2D eigenvalue weighted by molar-refractivity contribution is 7.99. The van der Waals surface area contributed by atoms with Crippen molar-refractivity contribution in [2.75, 3.05) is 5.88 Å². The Hall–Kier alpha value is -2.05. The van der Waals surface area contributed by atoms with Gasteiger partial charge in [-0.2, -0.15) is 0 Å². The molecule has 0 aliphatic heterocycles. The van der Waals surface area contributed by atoms with E-state index in [0.29, 0.717) is 5.88 Å². The third kappa shape index (κ3) is 5.09. The molecule has 2 rings (SSSR count). The van der Waals surface area contributed by atoms with Gasteiger partial charge in [0.1, 0.15) is 5.84 Å². The molecular weight excluding hydrogens is 302 g/mol. The van der Waals surface area contributed by atoms with E-state index >= 15 is 0 Å². The molecule has 0 saturated heterocycles. The molecule has 0 radical (unpaired) electrons. The molecule has 21 heavy (non-hydrogen) atoms. The van der Waals surface area contributed by atoms with E-state index < -0.39 is 0 Å². The minimum absolute atomic E-state index is 0.0710. The van der Waals surface area contributed by atoms with Crippen molar-refractivity contribution in [2.24, 2.45) is 5.73 Å². The molecular formula is C15H15N3OS2. The van der Waals surface area contributed by atoms with E-state index in [4.69, 9.17) is 11.1 Å². The van der Waals surface area contributed by atoms with Crippen molar-refractivity contribution in [1.82, 2.24) is 5.32 Å². The number of benzene rings is 1. The highest BCUT2D eigenvalue weighted by atomic mass is 32.2. The number of carbonyl (C=O) groups is 1. The zero-order valence-corrected chi connectivity index (χ0v) is 12.8. The van der Waals surface area contributed by atoms with E-state index in [9.17, 15) is 4.79 Å². The lowest BCUT2D eigenvalue weighted by molar-refractivity contribution is -0.116. The van der Waals surface area contributed by atoms with Crippen molar-refractivity contribution in [3.8, 4) is 0 Å². The highest BCUT2D eigenvalue weighted by Gasteiger charge is 2.03. The quantitative estimate of drug-likeness (QED) is 0.252. The number of thioether (sulfide) groups is 1. The van der Waals surface area contributed by atoms with E-state index in [1.54, 1.807) is 6.08 Å². The fraction of sp³-hybridized carbons (Fsp3) is 0.0667. The number of rotatable bonds is 6. The van der Waals surface area contributed by atoms with Crippen molar-refractivity contribution in [2.45, 2.75) is 4.90 Å². The van der Waals surface area contributed by atoms with Gasteiger partial charge in [-0.25, -0.2) is 0 Å². The largest absolute Gasteiger partial charge is 0.383 e. The van der Waals surface area contributed by atoms with E-state index in [2.05, 4.69) is 5.32 Å². The fourth-order valence-electron chi connectivity index (χ4n) is 1.52. The van der Waals surface area contributed by atoms with Gasteiger partial charge in [0.15, 0.2) is 0 Å². The molecule has 1 heterocycles. The van der Waals surface area contributed by atoms with E-state index in [1.807, 2.05) is 41.8 Å². The number of amidine groups is 1. The molecule has 0 atom stereocenters. The first-order valence-corrected chi connectivity index (χ1v) is 8.08. The lowest BCUT2D eigenvalue weighted by Gasteiger charge is -2.00. The maximum atomic E-state index is 11.7. The van der Waals surface area contributed by atoms with Crippen LogP contribution in [0.2, 0.25) is 0 Å². The summed E-state index contributed by atoms with van der Waals surface area (Å²) in [6.45, 7) is 0. The van der Waals surface area contributed by atoms with Crippen LogP contribution in [0.5, 0.6) is 0 Å². The van der Waals surface area contributed by atoms with Gasteiger partial charge < -0.3 is 11.1 Å². The maximum absolute atomic E-state index is 11.7. The summed E-state index contributed by atoms with van der Waals surface area (Å²) in [5.41, 5.74) is 6.39. The molecule has 0 aliphatic rings. The van der Waals surface area contributed by atoms with Crippen LogP contribution in [0, 0.1) is 5.41 Å². The number of carbonyl (C=O) groups excluding carboxylic acids is 1. The van der Waals surface area contributed by atoms with E-state index in [1.165, 1.54) is 29.2 Å². The van der Waals surface area contributed by atoms with Gasteiger partial charge in [-0.05, 0) is 17.7 Å². The second kappa shape index (κ2) is 7.66. The highest BCUT2D eigenvalue weighted by Crippen LogP contribution is 2.23. The van der Waals surface area contributed by atoms with E-state index in [-0.39, 0.29) is 11.7 Å². The molecule has 0 spiro atoms. The van der Waals surface area contributed by atoms with Crippen LogP contribution in [0.4, 0.5) is 0 Å².